The van der Waals surface area contributed by atoms with Gasteiger partial charge in [-0.25, -0.2) is 9.00 Å². The monoisotopic (exact) mass is 750 g/mol. The summed E-state index contributed by atoms with van der Waals surface area (Å²) in [5, 5.41) is 14.0. The van der Waals surface area contributed by atoms with Crippen LogP contribution in [-0.4, -0.2) is 80.5 Å². The fraction of sp³-hybridized carbons (Fsp3) is 0.750. The molecule has 0 radical (unpaired) electrons. The fourth-order valence-corrected chi connectivity index (χ4v) is 9.18. The van der Waals surface area contributed by atoms with E-state index in [-0.39, 0.29) is 41.0 Å². The third-order valence-corrected chi connectivity index (χ3v) is 12.4. The highest BCUT2D eigenvalue weighted by molar-refractivity contribution is 7.79. The molecule has 3 fully saturated rings. The third kappa shape index (κ3) is 11.6. The number of urea groups is 1. The van der Waals surface area contributed by atoms with Gasteiger partial charge in [-0.05, 0) is 72.6 Å². The molecule has 15 heteroatoms. The Kier molecular flexibility index (Phi) is 14.6. The van der Waals surface area contributed by atoms with Gasteiger partial charge in [0.15, 0.2) is 11.1 Å². The van der Waals surface area contributed by atoms with E-state index in [0.717, 1.165) is 49.8 Å². The number of hydrogen-bond donors (Lipinski definition) is 6. The number of carbonyl (C=O) groups is 5. The van der Waals surface area contributed by atoms with Crippen LogP contribution in [-0.2, 0) is 36.8 Å². The number of ketones is 1. The molecule has 2 saturated carbocycles. The molecule has 0 bridgehead atoms. The summed E-state index contributed by atoms with van der Waals surface area (Å²) in [7, 11) is 0. The molecule has 1 aromatic heterocycles. The van der Waals surface area contributed by atoms with Crippen LogP contribution in [0.3, 0.4) is 0 Å². The van der Waals surface area contributed by atoms with Crippen molar-refractivity contribution in [1.82, 2.24) is 26.2 Å². The maximum atomic E-state index is 14.6. The van der Waals surface area contributed by atoms with Crippen LogP contribution in [0.15, 0.2) is 16.3 Å². The zero-order chi connectivity index (χ0) is 37.5. The molecule has 3 aliphatic rings. The van der Waals surface area contributed by atoms with Crippen molar-refractivity contribution in [3.63, 3.8) is 0 Å². The number of thiophene rings is 1. The summed E-state index contributed by atoms with van der Waals surface area (Å²) in [6.45, 7) is 11.2. The van der Waals surface area contributed by atoms with Crippen LogP contribution in [0.25, 0.3) is 0 Å². The van der Waals surface area contributed by atoms with Gasteiger partial charge in [-0.3, -0.25) is 19.2 Å². The van der Waals surface area contributed by atoms with Crippen LogP contribution in [0, 0.1) is 29.1 Å². The van der Waals surface area contributed by atoms with E-state index in [1.54, 1.807) is 16.3 Å². The maximum Gasteiger partial charge on any atom is 0.315 e. The Morgan fingerprint density at radius 3 is 2.27 bits per heavy atom. The largest absolute Gasteiger partial charge is 0.363 e. The summed E-state index contributed by atoms with van der Waals surface area (Å²) in [5.41, 5.74) is 4.99. The van der Waals surface area contributed by atoms with Crippen LogP contribution < -0.4 is 27.0 Å². The van der Waals surface area contributed by atoms with Gasteiger partial charge in [-0.1, -0.05) is 66.7 Å². The molecule has 2 aliphatic carbocycles. The van der Waals surface area contributed by atoms with Gasteiger partial charge in [0.1, 0.15) is 12.1 Å². The van der Waals surface area contributed by atoms with Crippen molar-refractivity contribution < 1.29 is 32.7 Å². The number of nitrogens with one attached hydrogen (secondary N) is 4. The van der Waals surface area contributed by atoms with Crippen LogP contribution in [0.1, 0.15) is 104 Å². The van der Waals surface area contributed by atoms with Gasteiger partial charge < -0.3 is 36.5 Å². The standard InChI is InChI=1S/C36H58N6O7S2/c1-21(2)17-24-13-15-42(30(24)33(45)39-25(18-22-11-12-22)31(43)32(37)44)34(46)29(23-9-7-6-8-10-23)41-35(47)40-28(36(3,4)5)20-38-19-26-27(51(48)49)14-16-50-26/h14,16,21-25,28-30,38H,6-13,15,17-20H2,1-5H3,(H2,37,44)(H,39,45)(H,48,49)(H2,40,41,47)/t24-,25?,28-,29+,30+/m1/s1. The SMILES string of the molecule is CC(C)C[C@H]1CCN(C(=O)[C@@H](NC(=O)N[C@H](CNCc2sccc2S(=O)O)C(C)(C)C)C2CCCCC2)[C@@H]1C(=O)NC(CC1CC1)C(=O)C(N)=O. The van der Waals surface area contributed by atoms with Gasteiger partial charge >= 0.3 is 6.03 Å². The van der Waals surface area contributed by atoms with E-state index in [1.165, 1.54) is 11.3 Å². The lowest BCUT2D eigenvalue weighted by Crippen LogP contribution is -2.61. The van der Waals surface area contributed by atoms with E-state index >= 15 is 0 Å². The smallest absolute Gasteiger partial charge is 0.315 e. The van der Waals surface area contributed by atoms with Crippen molar-refractivity contribution in [2.75, 3.05) is 13.1 Å². The number of Topliss-reactive ketones (excluding diaryl/α,β-unsaturated/α-hetero) is 1. The Bertz CT molecular complexity index is 1420. The molecule has 4 rings (SSSR count). The highest BCUT2D eigenvalue weighted by atomic mass is 32.2. The Morgan fingerprint density at radius 1 is 1.00 bits per heavy atom. The van der Waals surface area contributed by atoms with Crippen molar-refractivity contribution in [2.24, 2.45) is 34.8 Å². The molecule has 0 spiro atoms. The van der Waals surface area contributed by atoms with Crippen LogP contribution in [0.5, 0.6) is 0 Å². The summed E-state index contributed by atoms with van der Waals surface area (Å²) in [6, 6.07) is -1.94. The van der Waals surface area contributed by atoms with E-state index < -0.39 is 52.8 Å². The van der Waals surface area contributed by atoms with Crippen molar-refractivity contribution in [1.29, 1.82) is 0 Å². The molecule has 1 saturated heterocycles. The van der Waals surface area contributed by atoms with E-state index in [4.69, 9.17) is 5.73 Å². The summed E-state index contributed by atoms with van der Waals surface area (Å²) in [4.78, 5) is 69.8. The first kappa shape index (κ1) is 40.9. The number of hydrogen-bond acceptors (Lipinski definition) is 8. The molecule has 1 aromatic rings. The number of amides is 5. The zero-order valence-corrected chi connectivity index (χ0v) is 32.3. The summed E-state index contributed by atoms with van der Waals surface area (Å²) < 4.78 is 21.3. The van der Waals surface area contributed by atoms with Crippen molar-refractivity contribution >= 4 is 52.0 Å². The first-order valence-corrected chi connectivity index (χ1v) is 20.4. The maximum absolute atomic E-state index is 14.6. The second-order valence-electron chi connectivity index (χ2n) is 16.1. The van der Waals surface area contributed by atoms with Crippen LogP contribution in [0.4, 0.5) is 4.79 Å². The number of nitrogens with two attached hydrogens (primary N) is 1. The molecule has 13 nitrogen and oxygen atoms in total. The number of rotatable bonds is 17. The van der Waals surface area contributed by atoms with Gasteiger partial charge in [0.25, 0.3) is 5.91 Å². The lowest BCUT2D eigenvalue weighted by atomic mass is 9.83. The molecule has 6 atom stereocenters. The molecule has 5 amide bonds. The Balaban J connectivity index is 1.52. The van der Waals surface area contributed by atoms with Gasteiger partial charge in [0, 0.05) is 30.6 Å². The quantitative estimate of drug-likeness (QED) is 0.102. The zero-order valence-electron chi connectivity index (χ0n) is 30.7. The minimum Gasteiger partial charge on any atom is -0.363 e. The van der Waals surface area contributed by atoms with Gasteiger partial charge in [0.05, 0.1) is 10.9 Å². The van der Waals surface area contributed by atoms with Gasteiger partial charge in [0.2, 0.25) is 17.6 Å². The normalized spacial score (nSPS) is 22.2. The minimum absolute atomic E-state index is 0.105. The Labute approximate surface area is 308 Å². The number of nitrogens with zero attached hydrogens (tertiary/aromatic N) is 1. The third-order valence-electron chi connectivity index (χ3n) is 10.5. The van der Waals surface area contributed by atoms with Crippen molar-refractivity contribution in [2.45, 2.75) is 134 Å². The lowest BCUT2D eigenvalue weighted by Gasteiger charge is -2.37. The summed E-state index contributed by atoms with van der Waals surface area (Å²) >= 11 is -0.704. The second kappa shape index (κ2) is 18.2. The fourth-order valence-electron chi connectivity index (χ4n) is 7.54. The predicted octanol–water partition coefficient (Wildman–Crippen LogP) is 3.68. The van der Waals surface area contributed by atoms with Crippen molar-refractivity contribution in [3.05, 3.63) is 16.3 Å². The topological polar surface area (TPSA) is 200 Å². The van der Waals surface area contributed by atoms with E-state index in [0.29, 0.717) is 43.8 Å². The summed E-state index contributed by atoms with van der Waals surface area (Å²) in [5.74, 6) is -2.44. The molecular formula is C36H58N6O7S2. The molecule has 51 heavy (non-hydrogen) atoms. The number of carbonyl (C=O) groups excluding carboxylic acids is 5. The first-order chi connectivity index (χ1) is 24.1. The second-order valence-corrected chi connectivity index (χ2v) is 18.1. The highest BCUT2D eigenvalue weighted by Crippen LogP contribution is 2.36. The molecule has 1 aliphatic heterocycles. The molecule has 2 unspecified atom stereocenters. The summed E-state index contributed by atoms with van der Waals surface area (Å²) in [6.07, 6.45) is 7.97. The highest BCUT2D eigenvalue weighted by Gasteiger charge is 2.47. The minimum atomic E-state index is -2.09. The average molecular weight is 751 g/mol. The molecular weight excluding hydrogens is 693 g/mol. The number of likely N-dealkylation sites (tertiary alicyclic amines) is 1. The van der Waals surface area contributed by atoms with Gasteiger partial charge in [-0.2, -0.15) is 0 Å². The van der Waals surface area contributed by atoms with Gasteiger partial charge in [-0.15, -0.1) is 11.3 Å². The van der Waals surface area contributed by atoms with Crippen LogP contribution in [0.2, 0.25) is 0 Å². The van der Waals surface area contributed by atoms with Crippen molar-refractivity contribution in [3.8, 4) is 0 Å². The molecule has 0 aromatic carbocycles. The van der Waals surface area contributed by atoms with E-state index in [1.807, 2.05) is 20.8 Å². The van der Waals surface area contributed by atoms with E-state index in [2.05, 4.69) is 35.1 Å². The average Bonchev–Trinajstić information content (AvgIpc) is 3.58. The molecule has 7 N–H and O–H groups in total. The predicted molar refractivity (Wildman–Crippen MR) is 197 cm³/mol. The van der Waals surface area contributed by atoms with E-state index in [9.17, 15) is 32.7 Å². The molecule has 286 valence electrons. The Morgan fingerprint density at radius 2 is 1.69 bits per heavy atom. The number of primary amides is 1. The lowest BCUT2D eigenvalue weighted by molar-refractivity contribution is -0.143. The first-order valence-electron chi connectivity index (χ1n) is 18.5. The Hall–Kier alpha value is -2.88. The van der Waals surface area contributed by atoms with Crippen LogP contribution >= 0.6 is 11.3 Å². The molecule has 2 heterocycles.